The second kappa shape index (κ2) is 0.968. The Morgan fingerprint density at radius 2 is 1.78 bits per heavy atom. The predicted octanol–water partition coefficient (Wildman–Crippen LogP) is 1.56. The molecule has 2 saturated carbocycles. The maximum Gasteiger partial charge on any atom is 0.0764 e. The highest BCUT2D eigenvalue weighted by Crippen LogP contribution is 2.92. The van der Waals surface area contributed by atoms with Crippen LogP contribution >= 0.6 is 0 Å². The standard InChI is InChI=1S/C8H14O/c1-4-8(9)6(2)5-7(6,8)3/h9H,4-5H2,1-3H3. The number of aliphatic hydroxyl groups is 1. The first-order valence-corrected chi connectivity index (χ1v) is 3.74. The van der Waals surface area contributed by atoms with Gasteiger partial charge in [-0.15, -0.1) is 0 Å². The van der Waals surface area contributed by atoms with E-state index in [4.69, 9.17) is 0 Å². The SMILES string of the molecule is CCC1(O)C2(C)CC21C. The van der Waals surface area contributed by atoms with Crippen LogP contribution in [-0.4, -0.2) is 10.7 Å². The largest absolute Gasteiger partial charge is 0.389 e. The Bertz CT molecular complexity index is 161. The summed E-state index contributed by atoms with van der Waals surface area (Å²) in [6.45, 7) is 6.45. The van der Waals surface area contributed by atoms with Crippen LogP contribution in [0, 0.1) is 10.8 Å². The molecule has 0 spiro atoms. The van der Waals surface area contributed by atoms with Gasteiger partial charge in [0.15, 0.2) is 0 Å². The first kappa shape index (κ1) is 5.72. The summed E-state index contributed by atoms with van der Waals surface area (Å²) >= 11 is 0. The molecule has 0 aromatic rings. The molecule has 9 heavy (non-hydrogen) atoms. The van der Waals surface area contributed by atoms with Crippen LogP contribution in [0.4, 0.5) is 0 Å². The highest BCUT2D eigenvalue weighted by molar-refractivity contribution is 5.42. The van der Waals surface area contributed by atoms with Crippen LogP contribution < -0.4 is 0 Å². The molecule has 0 radical (unpaired) electrons. The molecule has 2 unspecified atom stereocenters. The fraction of sp³-hybridized carbons (Fsp3) is 1.00. The van der Waals surface area contributed by atoms with Crippen molar-refractivity contribution in [3.63, 3.8) is 0 Å². The summed E-state index contributed by atoms with van der Waals surface area (Å²) in [5, 5.41) is 9.77. The highest BCUT2D eigenvalue weighted by atomic mass is 16.3. The lowest BCUT2D eigenvalue weighted by molar-refractivity contribution is 0.0436. The van der Waals surface area contributed by atoms with Crippen molar-refractivity contribution in [3.05, 3.63) is 0 Å². The second-order valence-corrected chi connectivity index (χ2v) is 4.05. The normalized spacial score (nSPS) is 69.3. The van der Waals surface area contributed by atoms with Crippen LogP contribution in [0.3, 0.4) is 0 Å². The Kier molecular flexibility index (Phi) is 0.615. The van der Waals surface area contributed by atoms with Crippen LogP contribution in [0.25, 0.3) is 0 Å². The fourth-order valence-corrected chi connectivity index (χ4v) is 2.77. The van der Waals surface area contributed by atoms with Gasteiger partial charge in [0, 0.05) is 10.8 Å². The van der Waals surface area contributed by atoms with E-state index in [2.05, 4.69) is 20.8 Å². The van der Waals surface area contributed by atoms with Gasteiger partial charge in [0.1, 0.15) is 0 Å². The molecule has 2 atom stereocenters. The van der Waals surface area contributed by atoms with Crippen molar-refractivity contribution in [1.29, 1.82) is 0 Å². The lowest BCUT2D eigenvalue weighted by Gasteiger charge is -2.19. The Morgan fingerprint density at radius 1 is 1.33 bits per heavy atom. The molecule has 2 fully saturated rings. The summed E-state index contributed by atoms with van der Waals surface area (Å²) in [6.07, 6.45) is 2.17. The molecule has 2 rings (SSSR count). The van der Waals surface area contributed by atoms with Gasteiger partial charge in [-0.05, 0) is 12.8 Å². The van der Waals surface area contributed by atoms with Gasteiger partial charge in [0.05, 0.1) is 5.60 Å². The van der Waals surface area contributed by atoms with Crippen molar-refractivity contribution < 1.29 is 5.11 Å². The predicted molar refractivity (Wildman–Crippen MR) is 36.1 cm³/mol. The van der Waals surface area contributed by atoms with Crippen LogP contribution in [0.15, 0.2) is 0 Å². The third kappa shape index (κ3) is 0.277. The molecule has 1 heteroatoms. The quantitative estimate of drug-likeness (QED) is 0.565. The number of hydrogen-bond donors (Lipinski definition) is 1. The number of rotatable bonds is 1. The summed E-state index contributed by atoms with van der Waals surface area (Å²) < 4.78 is 0. The molecule has 2 aliphatic carbocycles. The molecule has 0 amide bonds. The molecular weight excluding hydrogens is 112 g/mol. The van der Waals surface area contributed by atoms with Crippen molar-refractivity contribution >= 4 is 0 Å². The van der Waals surface area contributed by atoms with Gasteiger partial charge >= 0.3 is 0 Å². The first-order valence-electron chi connectivity index (χ1n) is 3.74. The monoisotopic (exact) mass is 126 g/mol. The van der Waals surface area contributed by atoms with E-state index in [0.717, 1.165) is 6.42 Å². The average Bonchev–Trinajstić information content (AvgIpc) is 2.48. The third-order valence-corrected chi connectivity index (χ3v) is 4.07. The molecule has 0 bridgehead atoms. The third-order valence-electron chi connectivity index (χ3n) is 4.07. The zero-order chi connectivity index (χ0) is 6.91. The summed E-state index contributed by atoms with van der Waals surface area (Å²) in [4.78, 5) is 0. The Morgan fingerprint density at radius 3 is 1.78 bits per heavy atom. The van der Waals surface area contributed by atoms with Crippen molar-refractivity contribution in [2.24, 2.45) is 10.8 Å². The average molecular weight is 126 g/mol. The van der Waals surface area contributed by atoms with Gasteiger partial charge in [0.25, 0.3) is 0 Å². The highest BCUT2D eigenvalue weighted by Gasteiger charge is 2.94. The van der Waals surface area contributed by atoms with Crippen molar-refractivity contribution in [2.45, 2.75) is 39.2 Å². The molecule has 0 saturated heterocycles. The zero-order valence-electron chi connectivity index (χ0n) is 6.36. The van der Waals surface area contributed by atoms with Crippen LogP contribution in [0.5, 0.6) is 0 Å². The van der Waals surface area contributed by atoms with E-state index < -0.39 is 0 Å². The van der Waals surface area contributed by atoms with E-state index in [1.807, 2.05) is 0 Å². The van der Waals surface area contributed by atoms with E-state index in [1.54, 1.807) is 0 Å². The van der Waals surface area contributed by atoms with Gasteiger partial charge in [-0.1, -0.05) is 20.8 Å². The molecule has 2 aliphatic rings. The molecule has 1 nitrogen and oxygen atoms in total. The van der Waals surface area contributed by atoms with E-state index in [9.17, 15) is 5.11 Å². The van der Waals surface area contributed by atoms with Gasteiger partial charge < -0.3 is 5.11 Å². The summed E-state index contributed by atoms with van der Waals surface area (Å²) in [5.74, 6) is 0. The molecule has 0 aromatic carbocycles. The molecular formula is C8H14O. The Hall–Kier alpha value is -0.0400. The van der Waals surface area contributed by atoms with Crippen LogP contribution in [0.1, 0.15) is 33.6 Å². The minimum absolute atomic E-state index is 0.278. The lowest BCUT2D eigenvalue weighted by Crippen LogP contribution is -2.24. The molecule has 0 heterocycles. The van der Waals surface area contributed by atoms with Gasteiger partial charge in [-0.25, -0.2) is 0 Å². The molecule has 52 valence electrons. The fourth-order valence-electron chi connectivity index (χ4n) is 2.77. The maximum absolute atomic E-state index is 9.77. The van der Waals surface area contributed by atoms with E-state index >= 15 is 0 Å². The molecule has 1 N–H and O–H groups in total. The van der Waals surface area contributed by atoms with Crippen molar-refractivity contribution in [2.75, 3.05) is 0 Å². The Balaban J connectivity index is 2.26. The summed E-state index contributed by atoms with van der Waals surface area (Å²) in [6, 6.07) is 0. The van der Waals surface area contributed by atoms with E-state index in [-0.39, 0.29) is 5.60 Å². The summed E-state index contributed by atoms with van der Waals surface area (Å²) in [5.41, 5.74) is 0.351. The van der Waals surface area contributed by atoms with Gasteiger partial charge in [-0.2, -0.15) is 0 Å². The smallest absolute Gasteiger partial charge is 0.0764 e. The van der Waals surface area contributed by atoms with E-state index in [1.165, 1.54) is 6.42 Å². The first-order chi connectivity index (χ1) is 4.02. The van der Waals surface area contributed by atoms with Gasteiger partial charge in [-0.3, -0.25) is 0 Å². The number of hydrogen-bond acceptors (Lipinski definition) is 1. The zero-order valence-corrected chi connectivity index (χ0v) is 6.36. The summed E-state index contributed by atoms with van der Waals surface area (Å²) in [7, 11) is 0. The minimum atomic E-state index is -0.278. The topological polar surface area (TPSA) is 20.2 Å². The maximum atomic E-state index is 9.77. The van der Waals surface area contributed by atoms with Gasteiger partial charge in [0.2, 0.25) is 0 Å². The molecule has 0 aromatic heterocycles. The Labute approximate surface area is 56.1 Å². The minimum Gasteiger partial charge on any atom is -0.389 e. The lowest BCUT2D eigenvalue weighted by atomic mass is 9.96. The van der Waals surface area contributed by atoms with Crippen LogP contribution in [0.2, 0.25) is 0 Å². The van der Waals surface area contributed by atoms with E-state index in [0.29, 0.717) is 10.8 Å². The molecule has 0 aliphatic heterocycles. The van der Waals surface area contributed by atoms with Crippen LogP contribution in [-0.2, 0) is 0 Å². The van der Waals surface area contributed by atoms with Crippen molar-refractivity contribution in [3.8, 4) is 0 Å². The number of fused-ring (bicyclic) bond motifs is 1. The second-order valence-electron chi connectivity index (χ2n) is 4.05. The van der Waals surface area contributed by atoms with Crippen molar-refractivity contribution in [1.82, 2.24) is 0 Å².